The van der Waals surface area contributed by atoms with E-state index in [9.17, 15) is 0 Å². The van der Waals surface area contributed by atoms with Crippen LogP contribution in [-0.4, -0.2) is 9.55 Å². The van der Waals surface area contributed by atoms with Crippen LogP contribution >= 0.6 is 0 Å². The average molecular weight is 238 g/mol. The van der Waals surface area contributed by atoms with Crippen LogP contribution in [0.4, 0.5) is 0 Å². The lowest BCUT2D eigenvalue weighted by Crippen LogP contribution is -2.01. The van der Waals surface area contributed by atoms with Gasteiger partial charge in [-0.25, -0.2) is 4.98 Å². The van der Waals surface area contributed by atoms with E-state index >= 15 is 0 Å². The van der Waals surface area contributed by atoms with Crippen LogP contribution in [-0.2, 0) is 13.0 Å². The molecule has 0 radical (unpaired) electrons. The van der Waals surface area contributed by atoms with Gasteiger partial charge in [-0.15, -0.1) is 0 Å². The van der Waals surface area contributed by atoms with Crippen LogP contribution in [0, 0.1) is 0 Å². The molecule has 0 spiro atoms. The van der Waals surface area contributed by atoms with Gasteiger partial charge < -0.3 is 4.57 Å². The van der Waals surface area contributed by atoms with Crippen molar-refractivity contribution in [3.63, 3.8) is 0 Å². The number of benzene rings is 2. The lowest BCUT2D eigenvalue weighted by atomic mass is 10.1. The van der Waals surface area contributed by atoms with Crippen molar-refractivity contribution in [3.8, 4) is 0 Å². The summed E-state index contributed by atoms with van der Waals surface area (Å²) >= 11 is 0. The van der Waals surface area contributed by atoms with E-state index in [0.29, 0.717) is 0 Å². The summed E-state index contributed by atoms with van der Waals surface area (Å²) in [5.41, 5.74) is 2.39. The molecular formula is C16H18N2. The van der Waals surface area contributed by atoms with Gasteiger partial charge in [0.2, 0.25) is 0 Å². The third-order valence-electron chi connectivity index (χ3n) is 3.46. The standard InChI is InChI=1S/C16H18N2/c1-3-9-18-15-11-13-8-6-5-7-12(13)10-14(15)17-16(18)4-2/h5-8,10-11H,3-4,9H2,1-2H3. The lowest BCUT2D eigenvalue weighted by molar-refractivity contribution is 0.660. The molecule has 2 heteroatoms. The molecule has 0 aliphatic heterocycles. The summed E-state index contributed by atoms with van der Waals surface area (Å²) in [5, 5.41) is 2.57. The first-order chi connectivity index (χ1) is 8.83. The van der Waals surface area contributed by atoms with E-state index in [4.69, 9.17) is 4.98 Å². The summed E-state index contributed by atoms with van der Waals surface area (Å²) in [6.07, 6.45) is 2.14. The first kappa shape index (κ1) is 11.3. The Bertz CT molecular complexity index is 695. The molecule has 0 aliphatic carbocycles. The SMILES string of the molecule is CCCn1c(CC)nc2cc3ccccc3cc21. The zero-order valence-corrected chi connectivity index (χ0v) is 11.0. The molecule has 0 fully saturated rings. The van der Waals surface area contributed by atoms with Crippen molar-refractivity contribution in [2.24, 2.45) is 0 Å². The second kappa shape index (κ2) is 4.45. The maximum absolute atomic E-state index is 4.76. The van der Waals surface area contributed by atoms with Crippen LogP contribution in [0.1, 0.15) is 26.1 Å². The Labute approximate surface area is 107 Å². The van der Waals surface area contributed by atoms with Gasteiger partial charge in [0, 0.05) is 13.0 Å². The second-order valence-corrected chi connectivity index (χ2v) is 4.72. The molecule has 0 amide bonds. The molecular weight excluding hydrogens is 220 g/mol. The monoisotopic (exact) mass is 238 g/mol. The van der Waals surface area contributed by atoms with Crippen LogP contribution in [0.5, 0.6) is 0 Å². The minimum Gasteiger partial charge on any atom is -0.328 e. The van der Waals surface area contributed by atoms with Gasteiger partial charge in [-0.05, 0) is 29.3 Å². The Morgan fingerprint density at radius 1 is 1.06 bits per heavy atom. The largest absolute Gasteiger partial charge is 0.328 e. The second-order valence-electron chi connectivity index (χ2n) is 4.72. The van der Waals surface area contributed by atoms with Gasteiger partial charge in [0.05, 0.1) is 11.0 Å². The Morgan fingerprint density at radius 2 is 1.78 bits per heavy atom. The minimum atomic E-state index is 0.991. The zero-order chi connectivity index (χ0) is 12.5. The van der Waals surface area contributed by atoms with Crippen LogP contribution in [0.3, 0.4) is 0 Å². The molecule has 0 unspecified atom stereocenters. The van der Waals surface area contributed by atoms with Crippen molar-refractivity contribution in [1.82, 2.24) is 9.55 Å². The number of aromatic nitrogens is 2. The van der Waals surface area contributed by atoms with E-state index in [1.54, 1.807) is 0 Å². The van der Waals surface area contributed by atoms with Gasteiger partial charge in [-0.2, -0.15) is 0 Å². The molecule has 92 valence electrons. The predicted molar refractivity (Wildman–Crippen MR) is 76.9 cm³/mol. The fraction of sp³-hybridized carbons (Fsp3) is 0.312. The van der Waals surface area contributed by atoms with Crippen molar-refractivity contribution >= 4 is 21.8 Å². The fourth-order valence-electron chi connectivity index (χ4n) is 2.60. The van der Waals surface area contributed by atoms with Gasteiger partial charge in [0.25, 0.3) is 0 Å². The van der Waals surface area contributed by atoms with E-state index in [1.807, 2.05) is 0 Å². The zero-order valence-electron chi connectivity index (χ0n) is 11.0. The highest BCUT2D eigenvalue weighted by Gasteiger charge is 2.09. The number of nitrogens with zero attached hydrogens (tertiary/aromatic N) is 2. The van der Waals surface area contributed by atoms with E-state index < -0.39 is 0 Å². The topological polar surface area (TPSA) is 17.8 Å². The molecule has 18 heavy (non-hydrogen) atoms. The van der Waals surface area contributed by atoms with Crippen LogP contribution in [0.15, 0.2) is 36.4 Å². The van der Waals surface area contributed by atoms with Gasteiger partial charge in [-0.1, -0.05) is 38.1 Å². The molecule has 2 nitrogen and oxygen atoms in total. The molecule has 2 aromatic carbocycles. The quantitative estimate of drug-likeness (QED) is 0.670. The Kier molecular flexibility index (Phi) is 2.78. The highest BCUT2D eigenvalue weighted by atomic mass is 15.1. The van der Waals surface area contributed by atoms with E-state index in [1.165, 1.54) is 22.1 Å². The summed E-state index contributed by atoms with van der Waals surface area (Å²) < 4.78 is 2.36. The predicted octanol–water partition coefficient (Wildman–Crippen LogP) is 4.16. The van der Waals surface area contributed by atoms with E-state index in [2.05, 4.69) is 54.8 Å². The highest BCUT2D eigenvalue weighted by Crippen LogP contribution is 2.24. The average Bonchev–Trinajstić information content (AvgIpc) is 2.74. The maximum atomic E-state index is 4.76. The van der Waals surface area contributed by atoms with Crippen molar-refractivity contribution in [3.05, 3.63) is 42.2 Å². The molecule has 1 heterocycles. The van der Waals surface area contributed by atoms with Gasteiger partial charge in [-0.3, -0.25) is 0 Å². The first-order valence-corrected chi connectivity index (χ1v) is 6.71. The third kappa shape index (κ3) is 1.69. The number of fused-ring (bicyclic) bond motifs is 2. The van der Waals surface area contributed by atoms with Crippen LogP contribution in [0.25, 0.3) is 21.8 Å². The first-order valence-electron chi connectivity index (χ1n) is 6.71. The Morgan fingerprint density at radius 3 is 2.44 bits per heavy atom. The Balaban J connectivity index is 2.33. The lowest BCUT2D eigenvalue weighted by Gasteiger charge is -2.06. The molecule has 0 N–H and O–H groups in total. The van der Waals surface area contributed by atoms with Gasteiger partial charge >= 0.3 is 0 Å². The third-order valence-corrected chi connectivity index (χ3v) is 3.46. The number of imidazole rings is 1. The summed E-state index contributed by atoms with van der Waals surface area (Å²) in [6.45, 7) is 5.44. The number of hydrogen-bond donors (Lipinski definition) is 0. The highest BCUT2D eigenvalue weighted by molar-refractivity contribution is 5.95. The molecule has 1 aromatic heterocycles. The molecule has 3 aromatic rings. The Hall–Kier alpha value is -1.83. The van der Waals surface area contributed by atoms with Crippen molar-refractivity contribution in [1.29, 1.82) is 0 Å². The van der Waals surface area contributed by atoms with E-state index in [-0.39, 0.29) is 0 Å². The molecule has 0 saturated carbocycles. The van der Waals surface area contributed by atoms with Crippen LogP contribution < -0.4 is 0 Å². The number of hydrogen-bond acceptors (Lipinski definition) is 1. The molecule has 0 saturated heterocycles. The smallest absolute Gasteiger partial charge is 0.109 e. The summed E-state index contributed by atoms with van der Waals surface area (Å²) in [5.74, 6) is 1.20. The van der Waals surface area contributed by atoms with Gasteiger partial charge in [0.1, 0.15) is 5.82 Å². The number of rotatable bonds is 3. The van der Waals surface area contributed by atoms with E-state index in [0.717, 1.165) is 24.9 Å². The summed E-state index contributed by atoms with van der Waals surface area (Å²) in [6, 6.07) is 13.0. The molecule has 0 bridgehead atoms. The number of aryl methyl sites for hydroxylation is 2. The summed E-state index contributed by atoms with van der Waals surface area (Å²) in [4.78, 5) is 4.76. The maximum Gasteiger partial charge on any atom is 0.109 e. The molecule has 0 aliphatic rings. The minimum absolute atomic E-state index is 0.991. The molecule has 3 rings (SSSR count). The van der Waals surface area contributed by atoms with Crippen LogP contribution in [0.2, 0.25) is 0 Å². The summed E-state index contributed by atoms with van der Waals surface area (Å²) in [7, 11) is 0. The fourth-order valence-corrected chi connectivity index (χ4v) is 2.60. The van der Waals surface area contributed by atoms with Crippen molar-refractivity contribution in [2.45, 2.75) is 33.2 Å². The van der Waals surface area contributed by atoms with Gasteiger partial charge in [0.15, 0.2) is 0 Å². The van der Waals surface area contributed by atoms with Crippen molar-refractivity contribution in [2.75, 3.05) is 0 Å². The normalized spacial score (nSPS) is 11.4. The van der Waals surface area contributed by atoms with Crippen molar-refractivity contribution < 1.29 is 0 Å². The molecule has 0 atom stereocenters.